The number of aliphatic hydroxyl groups is 3. The Hall–Kier alpha value is -12.3. The maximum atomic E-state index is 14.8. The number of β-amino-alcohol motifs (C(OH)–C–C–N with tert-alkyl or cyclic N) is 1. The van der Waals surface area contributed by atoms with Gasteiger partial charge in [0.25, 0.3) is 0 Å². The molecule has 22 N–H and O–H groups in total. The van der Waals surface area contributed by atoms with Crippen LogP contribution in [0.15, 0.2) is 60.7 Å². The maximum Gasteiger partial charge on any atom is 0.328 e. The molecule has 3 aliphatic heterocycles. The van der Waals surface area contributed by atoms with Crippen LogP contribution in [-0.4, -0.2) is 291 Å². The first-order valence-electron chi connectivity index (χ1n) is 44.4. The first-order valence-corrected chi connectivity index (χ1v) is 44.4. The molecule has 3 heterocycles. The summed E-state index contributed by atoms with van der Waals surface area (Å²) in [7, 11) is 0. The number of hydrogen-bond donors (Lipinski definition) is 20. The third-order valence-corrected chi connectivity index (χ3v) is 23.5. The molecule has 19 amide bonds. The van der Waals surface area contributed by atoms with Gasteiger partial charge in [0.05, 0.1) is 18.8 Å². The van der Waals surface area contributed by atoms with Crippen LogP contribution in [0.4, 0.5) is 0 Å². The Labute approximate surface area is 768 Å². The van der Waals surface area contributed by atoms with E-state index >= 15 is 0 Å². The Morgan fingerprint density at radius 2 is 0.848 bits per heavy atom. The fourth-order valence-electron chi connectivity index (χ4n) is 15.3. The lowest BCUT2D eigenvalue weighted by Gasteiger charge is -2.37. The van der Waals surface area contributed by atoms with Gasteiger partial charge in [0.2, 0.25) is 112 Å². The van der Waals surface area contributed by atoms with Crippen LogP contribution in [0.1, 0.15) is 213 Å². The van der Waals surface area contributed by atoms with Gasteiger partial charge in [-0.05, 0) is 157 Å². The van der Waals surface area contributed by atoms with Crippen molar-refractivity contribution in [2.24, 2.45) is 23.3 Å². The number of rotatable bonds is 48. The van der Waals surface area contributed by atoms with Crippen LogP contribution >= 0.6 is 0 Å². The van der Waals surface area contributed by atoms with Crippen LogP contribution in [0, 0.1) is 11.8 Å². The fourth-order valence-corrected chi connectivity index (χ4v) is 15.3. The number of nitrogens with two attached hydrogens (primary N) is 2. The van der Waals surface area contributed by atoms with E-state index in [4.69, 9.17) is 11.5 Å². The number of nitrogens with zero attached hydrogens (tertiary/aromatic N) is 3. The molecule has 132 heavy (non-hydrogen) atoms. The zero-order valence-electron chi connectivity index (χ0n) is 78.6. The fraction of sp³-hybridized carbons (Fsp3) is 0.640. The summed E-state index contributed by atoms with van der Waals surface area (Å²) >= 11 is 0. The van der Waals surface area contributed by atoms with E-state index in [1.165, 1.54) is 92.9 Å². The predicted molar refractivity (Wildman–Crippen MR) is 477 cm³/mol. The van der Waals surface area contributed by atoms with E-state index < -0.39 is 268 Å². The van der Waals surface area contributed by atoms with Crippen LogP contribution in [0.2, 0.25) is 0 Å². The summed E-state index contributed by atoms with van der Waals surface area (Å²) in [5.41, 5.74) is 1.08. The largest absolute Gasteiger partial charge is 0.480 e. The van der Waals surface area contributed by atoms with Gasteiger partial charge >= 0.3 is 5.97 Å². The molecule has 3 saturated heterocycles. The molecule has 3 fully saturated rings. The Morgan fingerprint density at radius 3 is 1.28 bits per heavy atom. The minimum atomic E-state index is -1.96. The minimum absolute atomic E-state index is 0.0238. The van der Waals surface area contributed by atoms with E-state index in [0.717, 1.165) is 11.8 Å². The lowest BCUT2D eigenvalue weighted by Crippen LogP contribution is -2.66. The van der Waals surface area contributed by atoms with Gasteiger partial charge in [-0.1, -0.05) is 102 Å². The van der Waals surface area contributed by atoms with Gasteiger partial charge < -0.3 is 121 Å². The smallest absolute Gasteiger partial charge is 0.328 e. The molecule has 0 radical (unpaired) electrons. The molecule has 0 spiro atoms. The molecule has 15 atom stereocenters. The third kappa shape index (κ3) is 31.2. The summed E-state index contributed by atoms with van der Waals surface area (Å²) in [4.78, 5) is 281. The number of amides is 19. The maximum absolute atomic E-state index is 14.8. The minimum Gasteiger partial charge on any atom is -0.480 e. The third-order valence-electron chi connectivity index (χ3n) is 23.5. The van der Waals surface area contributed by atoms with Gasteiger partial charge in [-0.15, -0.1) is 0 Å². The Balaban J connectivity index is 1.23. The molecule has 0 aliphatic carbocycles. The summed E-state index contributed by atoms with van der Waals surface area (Å²) in [6, 6.07) is 1.14. The summed E-state index contributed by atoms with van der Waals surface area (Å²) in [5, 5.41) is 77.1. The average Bonchev–Trinajstić information content (AvgIpc) is 1.22. The van der Waals surface area contributed by atoms with Crippen molar-refractivity contribution in [2.75, 3.05) is 26.2 Å². The van der Waals surface area contributed by atoms with Gasteiger partial charge in [0.1, 0.15) is 99.7 Å². The van der Waals surface area contributed by atoms with E-state index in [9.17, 15) is 116 Å². The zero-order chi connectivity index (χ0) is 99.8. The molecule has 0 saturated carbocycles. The highest BCUT2D eigenvalue weighted by Gasteiger charge is 2.51. The second-order valence-corrected chi connectivity index (χ2v) is 37.5. The van der Waals surface area contributed by atoms with E-state index in [2.05, 4.69) is 74.4 Å². The van der Waals surface area contributed by atoms with Crippen LogP contribution in [0.3, 0.4) is 0 Å². The molecule has 15 unspecified atom stereocenters. The number of carboxylic acids is 1. The zero-order valence-corrected chi connectivity index (χ0v) is 78.6. The summed E-state index contributed by atoms with van der Waals surface area (Å²) in [6.45, 7) is 23.7. The number of nitrogens with one attached hydrogen (secondary N) is 14. The second-order valence-electron chi connectivity index (χ2n) is 37.5. The van der Waals surface area contributed by atoms with Gasteiger partial charge in [-0.3, -0.25) is 91.1 Å². The van der Waals surface area contributed by atoms with Crippen molar-refractivity contribution in [1.82, 2.24) is 89.1 Å². The van der Waals surface area contributed by atoms with Gasteiger partial charge in [0.15, 0.2) is 0 Å². The van der Waals surface area contributed by atoms with E-state index in [-0.39, 0.29) is 83.2 Å². The first-order chi connectivity index (χ1) is 61.3. The monoisotopic (exact) mass is 1860 g/mol. The molecule has 2 aromatic carbocycles. The van der Waals surface area contributed by atoms with Crippen LogP contribution in [0.5, 0.6) is 0 Å². The van der Waals surface area contributed by atoms with Crippen molar-refractivity contribution < 1.29 is 116 Å². The van der Waals surface area contributed by atoms with E-state index in [0.29, 0.717) is 17.5 Å². The number of hydrogen-bond acceptors (Lipinski definition) is 23. The number of carbonyl (C=O) groups is 20. The van der Waals surface area contributed by atoms with Gasteiger partial charge in [-0.2, -0.15) is 0 Å². The molecule has 3 aliphatic rings. The van der Waals surface area contributed by atoms with Crippen LogP contribution in [0.25, 0.3) is 0 Å². The molecule has 0 aromatic heterocycles. The van der Waals surface area contributed by atoms with E-state index in [1.54, 1.807) is 95.3 Å². The number of primary amides is 2. The summed E-state index contributed by atoms with van der Waals surface area (Å²) in [5.74, 6) is -19.4. The van der Waals surface area contributed by atoms with Crippen molar-refractivity contribution in [3.05, 3.63) is 71.8 Å². The molecule has 43 nitrogen and oxygen atoms in total. The SMILES string of the molecule is CCC(C)C(NC(=O)C(C)(C)NC(=O)C(CCC(N)=O)NC(=O)C(C)(CC)NC(=O)C(Cc1ccccc1)NC(C)=O)C(=O)NC(C(=O)NC(C)(C)C(=O)NC(CC(C)C)C(=O)NC(C)(C)C(=O)N1CCCC1C(=O)NC(CCC(N)=O)C(=O)NC(C)(C)C(=O)N1CC(O)CC1C(=O)NC(C)(C)C(=O)N1CCCC1C(=O)NC(Cc1ccccc1)C(=O)NC(CO)C(=O)O)C(C)O. The van der Waals surface area contributed by atoms with Gasteiger partial charge in [0, 0.05) is 58.7 Å². The molecule has 2 aromatic rings. The number of carboxylic acid groups (broad SMARTS) is 1. The summed E-state index contributed by atoms with van der Waals surface area (Å²) in [6.07, 6.45) is -4.26. The Morgan fingerprint density at radius 1 is 0.439 bits per heavy atom. The number of benzene rings is 2. The van der Waals surface area contributed by atoms with Crippen molar-refractivity contribution in [1.29, 1.82) is 0 Å². The Bertz CT molecular complexity index is 4540. The lowest BCUT2D eigenvalue weighted by atomic mass is 9.94. The van der Waals surface area contributed by atoms with Crippen molar-refractivity contribution in [3.63, 3.8) is 0 Å². The van der Waals surface area contributed by atoms with Crippen molar-refractivity contribution in [2.45, 2.75) is 326 Å². The average molecular weight is 1860 g/mol. The highest BCUT2D eigenvalue weighted by molar-refractivity contribution is 6.04. The van der Waals surface area contributed by atoms with Crippen molar-refractivity contribution >= 4 is 118 Å². The molecule has 5 rings (SSSR count). The summed E-state index contributed by atoms with van der Waals surface area (Å²) < 4.78 is 0. The highest BCUT2D eigenvalue weighted by Crippen LogP contribution is 2.29. The highest BCUT2D eigenvalue weighted by atomic mass is 16.4. The molecular weight excluding hydrogens is 1720 g/mol. The number of aliphatic hydroxyl groups excluding tert-OH is 3. The Kier molecular flexibility index (Phi) is 39.8. The second kappa shape index (κ2) is 47.7. The van der Waals surface area contributed by atoms with Gasteiger partial charge in [-0.25, -0.2) is 4.79 Å². The van der Waals surface area contributed by atoms with Crippen LogP contribution in [-0.2, 0) is 109 Å². The normalized spacial score (nSPS) is 18.6. The molecule has 43 heteroatoms. The first kappa shape index (κ1) is 110. The lowest BCUT2D eigenvalue weighted by molar-refractivity contribution is -0.148. The number of carbonyl (C=O) groups excluding carboxylic acids is 19. The number of aliphatic carboxylic acids is 1. The van der Waals surface area contributed by atoms with E-state index in [1.807, 2.05) is 0 Å². The molecule has 0 bridgehead atoms. The quantitative estimate of drug-likeness (QED) is 0.0302. The predicted octanol–water partition coefficient (Wildman–Crippen LogP) is -3.85. The van der Waals surface area contributed by atoms with Crippen molar-refractivity contribution in [3.8, 4) is 0 Å². The molecule has 732 valence electrons. The molecular formula is C89H137N19O24. The topological polar surface area (TPSA) is 652 Å². The standard InChI is InChI=1S/C89H137N19O24/c1-19-48(5)65(99-79(128)85(10,11)100-69(117)55(36-38-64(91)114)96-80(129)89(18,20-2)105-71(119)58(92-50(7)111)43-52-31-25-22-26-32-52)75(123)98-66(49(6)110)76(124)104-84(8,9)78(127)97-56(41-47(3)4)70(118)102-86(12,13)81(130)106-39-27-33-60(106)72(120)93-54(35-37-63(90)113)68(116)101-88(16,17)83(132)108-45-53(112)44-62(108)74(122)103-87(14,15)82(131)107-40-28-34-61(107)73(121)94-57(42-51-29-23-21-24-30-51)67(115)95-59(46-109)77(125)126/h21-26,29-32,47-49,53-62,65-66,109-110,112H,19-20,27-28,33-46H2,1-18H3,(H2,90,113)(H2,91,114)(H,92,111)(H,93,120)(H,94,121)(H,95,115)(H,96,129)(H,97,127)(H,98,123)(H,99,128)(H,100,117)(H,101,116)(H,102,118)(H,103,122)(H,104,124)(H,105,119)(H,125,126). The number of likely N-dealkylation sites (tertiary alicyclic amines) is 3. The van der Waals surface area contributed by atoms with Crippen LogP contribution < -0.4 is 85.9 Å².